The number of nitrogens with zero attached hydrogens (tertiary/aromatic N) is 2. The van der Waals surface area contributed by atoms with Crippen molar-refractivity contribution in [2.45, 2.75) is 32.6 Å². The van der Waals surface area contributed by atoms with E-state index >= 15 is 0 Å². The van der Waals surface area contributed by atoms with Crippen molar-refractivity contribution in [3.8, 4) is 0 Å². The van der Waals surface area contributed by atoms with Gasteiger partial charge in [-0.3, -0.25) is 4.68 Å². The Morgan fingerprint density at radius 2 is 2.25 bits per heavy atom. The molecule has 0 aromatic carbocycles. The minimum atomic E-state index is 1.04. The first-order valence-corrected chi connectivity index (χ1v) is 4.65. The highest BCUT2D eigenvalue weighted by Gasteiger charge is 1.88. The highest BCUT2D eigenvalue weighted by atomic mass is 15.4. The topological polar surface area (TPSA) is 29.9 Å². The maximum Gasteiger partial charge on any atom is 0.114 e. The third-order valence-electron chi connectivity index (χ3n) is 1.83. The van der Waals surface area contributed by atoms with Gasteiger partial charge < -0.3 is 5.43 Å². The molecule has 1 aromatic rings. The zero-order chi connectivity index (χ0) is 8.65. The maximum absolute atomic E-state index is 3.94. The van der Waals surface area contributed by atoms with Crippen LogP contribution in [0.3, 0.4) is 0 Å². The predicted octanol–water partition coefficient (Wildman–Crippen LogP) is 2.01. The normalized spacial score (nSPS) is 10.1. The van der Waals surface area contributed by atoms with Gasteiger partial charge in [-0.15, -0.1) is 0 Å². The van der Waals surface area contributed by atoms with Crippen LogP contribution in [0, 0.1) is 0 Å². The average molecular weight is 167 g/mol. The van der Waals surface area contributed by atoms with Crippen LogP contribution in [0.2, 0.25) is 0 Å². The molecule has 1 rings (SSSR count). The molecule has 0 saturated heterocycles. The second-order valence-corrected chi connectivity index (χ2v) is 2.94. The zero-order valence-corrected chi connectivity index (χ0v) is 7.66. The van der Waals surface area contributed by atoms with Gasteiger partial charge >= 0.3 is 0 Å². The van der Waals surface area contributed by atoms with Crippen molar-refractivity contribution in [3.05, 3.63) is 18.7 Å². The summed E-state index contributed by atoms with van der Waals surface area (Å²) in [7, 11) is 0. The molecule has 0 aliphatic carbocycles. The van der Waals surface area contributed by atoms with Crippen molar-refractivity contribution in [1.82, 2.24) is 9.66 Å². The van der Waals surface area contributed by atoms with Crippen LogP contribution in [0.5, 0.6) is 0 Å². The lowest BCUT2D eigenvalue weighted by molar-refractivity contribution is 0.661. The van der Waals surface area contributed by atoms with Crippen molar-refractivity contribution in [2.75, 3.05) is 12.0 Å². The summed E-state index contributed by atoms with van der Waals surface area (Å²) in [5.74, 6) is 0. The van der Waals surface area contributed by atoms with Crippen LogP contribution in [-0.4, -0.2) is 16.2 Å². The molecule has 12 heavy (non-hydrogen) atoms. The summed E-state index contributed by atoms with van der Waals surface area (Å²) >= 11 is 0. The van der Waals surface area contributed by atoms with Gasteiger partial charge in [0.15, 0.2) is 0 Å². The first-order valence-electron chi connectivity index (χ1n) is 4.65. The van der Waals surface area contributed by atoms with Crippen LogP contribution in [0.1, 0.15) is 32.6 Å². The van der Waals surface area contributed by atoms with Crippen molar-refractivity contribution >= 4 is 0 Å². The Bertz CT molecular complexity index is 182. The molecule has 0 unspecified atom stereocenters. The van der Waals surface area contributed by atoms with Crippen LogP contribution < -0.4 is 5.43 Å². The standard InChI is InChI=1S/C9H17N3/c1-2-3-4-5-6-11-12-8-7-10-9-12/h7-9,11H,2-6H2,1H3. The van der Waals surface area contributed by atoms with Crippen molar-refractivity contribution in [3.63, 3.8) is 0 Å². The molecule has 1 heterocycles. The molecule has 1 N–H and O–H groups in total. The van der Waals surface area contributed by atoms with Crippen molar-refractivity contribution in [2.24, 2.45) is 0 Å². The molecular weight excluding hydrogens is 150 g/mol. The summed E-state index contributed by atoms with van der Waals surface area (Å²) in [5.41, 5.74) is 3.24. The quantitative estimate of drug-likeness (QED) is 0.657. The molecule has 0 fully saturated rings. The molecular formula is C9H17N3. The van der Waals surface area contributed by atoms with Gasteiger partial charge in [0, 0.05) is 18.9 Å². The SMILES string of the molecule is CCCCCCNn1ccnc1. The first-order chi connectivity index (χ1) is 5.93. The molecule has 68 valence electrons. The Kier molecular flexibility index (Phi) is 4.27. The number of nitrogens with one attached hydrogen (secondary N) is 1. The van der Waals surface area contributed by atoms with Gasteiger partial charge in [0.1, 0.15) is 6.33 Å². The fourth-order valence-corrected chi connectivity index (χ4v) is 1.11. The highest BCUT2D eigenvalue weighted by Crippen LogP contribution is 1.97. The first kappa shape index (κ1) is 9.10. The van der Waals surface area contributed by atoms with E-state index < -0.39 is 0 Å². The zero-order valence-electron chi connectivity index (χ0n) is 7.66. The lowest BCUT2D eigenvalue weighted by atomic mass is 10.2. The smallest absolute Gasteiger partial charge is 0.114 e. The monoisotopic (exact) mass is 167 g/mol. The largest absolute Gasteiger partial charge is 0.325 e. The van der Waals surface area contributed by atoms with Crippen molar-refractivity contribution < 1.29 is 0 Å². The molecule has 0 aliphatic heterocycles. The number of rotatable bonds is 6. The maximum atomic E-state index is 3.94. The molecule has 0 saturated carbocycles. The predicted molar refractivity (Wildman–Crippen MR) is 50.6 cm³/mol. The van der Waals surface area contributed by atoms with Gasteiger partial charge in [-0.1, -0.05) is 26.2 Å². The molecule has 3 nitrogen and oxygen atoms in total. The van der Waals surface area contributed by atoms with Gasteiger partial charge in [0.05, 0.1) is 0 Å². The number of hydrogen-bond donors (Lipinski definition) is 1. The third-order valence-corrected chi connectivity index (χ3v) is 1.83. The van der Waals surface area contributed by atoms with E-state index in [1.165, 1.54) is 25.7 Å². The average Bonchev–Trinajstić information content (AvgIpc) is 2.57. The Morgan fingerprint density at radius 1 is 1.33 bits per heavy atom. The van der Waals surface area contributed by atoms with E-state index in [1.54, 1.807) is 12.5 Å². The fraction of sp³-hybridized carbons (Fsp3) is 0.667. The molecule has 0 bridgehead atoms. The number of hydrogen-bond acceptors (Lipinski definition) is 2. The van der Waals surface area contributed by atoms with Crippen LogP contribution in [-0.2, 0) is 0 Å². The van der Waals surface area contributed by atoms with Gasteiger partial charge in [-0.2, -0.15) is 0 Å². The van der Waals surface area contributed by atoms with E-state index in [2.05, 4.69) is 17.3 Å². The second-order valence-electron chi connectivity index (χ2n) is 2.94. The lowest BCUT2D eigenvalue weighted by Crippen LogP contribution is -2.13. The molecule has 0 spiro atoms. The highest BCUT2D eigenvalue weighted by molar-refractivity contribution is 4.79. The number of aromatic nitrogens is 2. The van der Waals surface area contributed by atoms with E-state index in [1.807, 2.05) is 10.9 Å². The Morgan fingerprint density at radius 3 is 2.92 bits per heavy atom. The summed E-state index contributed by atoms with van der Waals surface area (Å²) in [6.07, 6.45) is 10.7. The van der Waals surface area contributed by atoms with E-state index in [0.29, 0.717) is 0 Å². The number of imidazole rings is 1. The second kappa shape index (κ2) is 5.63. The Labute approximate surface area is 73.8 Å². The Hall–Kier alpha value is -0.990. The molecule has 0 radical (unpaired) electrons. The van der Waals surface area contributed by atoms with Gasteiger partial charge in [-0.05, 0) is 6.42 Å². The molecule has 3 heteroatoms. The molecule has 0 amide bonds. The fourth-order valence-electron chi connectivity index (χ4n) is 1.11. The van der Waals surface area contributed by atoms with Crippen LogP contribution >= 0.6 is 0 Å². The van der Waals surface area contributed by atoms with Gasteiger partial charge in [0.2, 0.25) is 0 Å². The molecule has 0 aliphatic rings. The van der Waals surface area contributed by atoms with E-state index in [0.717, 1.165) is 6.54 Å². The van der Waals surface area contributed by atoms with Crippen molar-refractivity contribution in [1.29, 1.82) is 0 Å². The molecule has 0 atom stereocenters. The third kappa shape index (κ3) is 3.42. The van der Waals surface area contributed by atoms with E-state index in [9.17, 15) is 0 Å². The minimum absolute atomic E-state index is 1.04. The minimum Gasteiger partial charge on any atom is -0.325 e. The lowest BCUT2D eigenvalue weighted by Gasteiger charge is -2.05. The van der Waals surface area contributed by atoms with Crippen LogP contribution in [0.4, 0.5) is 0 Å². The summed E-state index contributed by atoms with van der Waals surface area (Å²) < 4.78 is 1.89. The van der Waals surface area contributed by atoms with Crippen LogP contribution in [0.15, 0.2) is 18.7 Å². The van der Waals surface area contributed by atoms with Gasteiger partial charge in [-0.25, -0.2) is 4.98 Å². The Balaban J connectivity index is 1.96. The van der Waals surface area contributed by atoms with Gasteiger partial charge in [0.25, 0.3) is 0 Å². The molecule has 1 aromatic heterocycles. The summed E-state index contributed by atoms with van der Waals surface area (Å²) in [4.78, 5) is 3.94. The summed E-state index contributed by atoms with van der Waals surface area (Å²) in [5, 5.41) is 0. The summed E-state index contributed by atoms with van der Waals surface area (Å²) in [6.45, 7) is 3.26. The summed E-state index contributed by atoms with van der Waals surface area (Å²) in [6, 6.07) is 0. The van der Waals surface area contributed by atoms with E-state index in [-0.39, 0.29) is 0 Å². The number of unbranched alkanes of at least 4 members (excludes halogenated alkanes) is 3. The van der Waals surface area contributed by atoms with Crippen LogP contribution in [0.25, 0.3) is 0 Å². The van der Waals surface area contributed by atoms with E-state index in [4.69, 9.17) is 0 Å².